The Bertz CT molecular complexity index is 421. The van der Waals surface area contributed by atoms with Gasteiger partial charge in [0.15, 0.2) is 0 Å². The molecule has 3 N–H and O–H groups in total. The van der Waals surface area contributed by atoms with Crippen molar-refractivity contribution in [1.29, 1.82) is 5.41 Å². The van der Waals surface area contributed by atoms with E-state index in [1.807, 2.05) is 31.2 Å². The van der Waals surface area contributed by atoms with E-state index in [4.69, 9.17) is 11.1 Å². The van der Waals surface area contributed by atoms with Gasteiger partial charge in [-0.2, -0.15) is 0 Å². The van der Waals surface area contributed by atoms with Gasteiger partial charge in [0, 0.05) is 17.8 Å². The summed E-state index contributed by atoms with van der Waals surface area (Å²) < 4.78 is 0. The van der Waals surface area contributed by atoms with Gasteiger partial charge >= 0.3 is 0 Å². The lowest BCUT2D eigenvalue weighted by molar-refractivity contribution is 0.741. The number of aliphatic imine (C=N–C) groups is 1. The zero-order chi connectivity index (χ0) is 12.8. The Morgan fingerprint density at radius 3 is 2.53 bits per heavy atom. The molecule has 0 amide bonds. The maximum Gasteiger partial charge on any atom is 0.0845 e. The maximum absolute atomic E-state index is 8.25. The van der Waals surface area contributed by atoms with E-state index < -0.39 is 0 Å². The first-order valence-corrected chi connectivity index (χ1v) is 6.09. The predicted molar refractivity (Wildman–Crippen MR) is 75.1 cm³/mol. The normalized spacial score (nSPS) is 13.5. The lowest BCUT2D eigenvalue weighted by atomic mass is 9.93. The van der Waals surface area contributed by atoms with Gasteiger partial charge in [0.1, 0.15) is 0 Å². The fraction of sp³-hybridized carbons (Fsp3) is 0.429. The van der Waals surface area contributed by atoms with Crippen LogP contribution in [0.25, 0.3) is 0 Å². The van der Waals surface area contributed by atoms with Gasteiger partial charge in [-0.25, -0.2) is 0 Å². The van der Waals surface area contributed by atoms with Crippen molar-refractivity contribution in [2.75, 3.05) is 12.3 Å². The van der Waals surface area contributed by atoms with Crippen LogP contribution in [-0.4, -0.2) is 18.0 Å². The molecule has 3 nitrogen and oxygen atoms in total. The minimum Gasteiger partial charge on any atom is -0.398 e. The van der Waals surface area contributed by atoms with Crippen molar-refractivity contribution >= 4 is 17.1 Å². The summed E-state index contributed by atoms with van der Waals surface area (Å²) in [5.41, 5.74) is 8.63. The first kappa shape index (κ1) is 13.4. The Morgan fingerprint density at radius 1 is 1.35 bits per heavy atom. The van der Waals surface area contributed by atoms with Crippen molar-refractivity contribution in [2.45, 2.75) is 27.2 Å². The van der Waals surface area contributed by atoms with Gasteiger partial charge < -0.3 is 5.73 Å². The highest BCUT2D eigenvalue weighted by Gasteiger charge is 2.16. The molecule has 0 saturated heterocycles. The average Bonchev–Trinajstić information content (AvgIpc) is 2.35. The third-order valence-corrected chi connectivity index (χ3v) is 2.89. The van der Waals surface area contributed by atoms with Crippen LogP contribution in [0.15, 0.2) is 29.3 Å². The number of para-hydroxylation sites is 1. The van der Waals surface area contributed by atoms with E-state index in [9.17, 15) is 0 Å². The van der Waals surface area contributed by atoms with E-state index in [0.29, 0.717) is 23.9 Å². The van der Waals surface area contributed by atoms with E-state index in [0.717, 1.165) is 17.7 Å². The summed E-state index contributed by atoms with van der Waals surface area (Å²) in [6.45, 7) is 6.90. The number of nitrogens with two attached hydrogens (primary N) is 1. The van der Waals surface area contributed by atoms with Gasteiger partial charge in [-0.1, -0.05) is 32.0 Å². The summed E-state index contributed by atoms with van der Waals surface area (Å²) >= 11 is 0. The summed E-state index contributed by atoms with van der Waals surface area (Å²) in [5, 5.41) is 8.25. The number of nitrogens with zero attached hydrogens (tertiary/aromatic N) is 1. The Hall–Kier alpha value is -1.64. The highest BCUT2D eigenvalue weighted by Crippen LogP contribution is 2.16. The van der Waals surface area contributed by atoms with Crippen LogP contribution < -0.4 is 5.73 Å². The molecule has 1 aromatic rings. The van der Waals surface area contributed by atoms with Crippen molar-refractivity contribution in [2.24, 2.45) is 10.9 Å². The smallest absolute Gasteiger partial charge is 0.0845 e. The molecule has 0 heterocycles. The minimum atomic E-state index is 0.294. The molecule has 0 aliphatic heterocycles. The third kappa shape index (κ3) is 3.16. The van der Waals surface area contributed by atoms with Gasteiger partial charge in [-0.15, -0.1) is 0 Å². The number of anilines is 1. The summed E-state index contributed by atoms with van der Waals surface area (Å²) in [5.74, 6) is 0.294. The molecule has 92 valence electrons. The standard InChI is InChI=1S/C14H21N3/c1-4-10(3)14(17-5-2)13(16)11-8-6-7-9-12(11)15/h6-10,16H,4-5,15H2,1-3H3. The molecule has 1 rings (SSSR count). The molecule has 0 aliphatic carbocycles. The number of hydrogen-bond donors (Lipinski definition) is 2. The van der Waals surface area contributed by atoms with Gasteiger partial charge in [-0.05, 0) is 25.3 Å². The molecule has 0 radical (unpaired) electrons. The fourth-order valence-electron chi connectivity index (χ4n) is 1.71. The van der Waals surface area contributed by atoms with Crippen molar-refractivity contribution in [3.05, 3.63) is 29.8 Å². The second-order valence-corrected chi connectivity index (χ2v) is 4.13. The second kappa shape index (κ2) is 6.18. The Morgan fingerprint density at radius 2 is 2.00 bits per heavy atom. The molecule has 1 unspecified atom stereocenters. The van der Waals surface area contributed by atoms with E-state index in [1.54, 1.807) is 0 Å². The van der Waals surface area contributed by atoms with Gasteiger partial charge in [0.25, 0.3) is 0 Å². The highest BCUT2D eigenvalue weighted by molar-refractivity contribution is 6.48. The summed E-state index contributed by atoms with van der Waals surface area (Å²) in [6, 6.07) is 7.49. The van der Waals surface area contributed by atoms with Gasteiger partial charge in [0.2, 0.25) is 0 Å². The monoisotopic (exact) mass is 231 g/mol. The molecular weight excluding hydrogens is 210 g/mol. The van der Waals surface area contributed by atoms with E-state index in [2.05, 4.69) is 18.8 Å². The number of hydrogen-bond acceptors (Lipinski definition) is 3. The number of benzene rings is 1. The molecule has 0 spiro atoms. The van der Waals surface area contributed by atoms with E-state index >= 15 is 0 Å². The molecular formula is C14H21N3. The van der Waals surface area contributed by atoms with Crippen LogP contribution >= 0.6 is 0 Å². The summed E-state index contributed by atoms with van der Waals surface area (Å²) in [7, 11) is 0. The zero-order valence-corrected chi connectivity index (χ0v) is 10.8. The molecule has 0 aromatic heterocycles. The Labute approximate surface area is 103 Å². The van der Waals surface area contributed by atoms with Gasteiger partial charge in [0.05, 0.1) is 11.4 Å². The van der Waals surface area contributed by atoms with Crippen molar-refractivity contribution in [3.8, 4) is 0 Å². The highest BCUT2D eigenvalue weighted by atomic mass is 14.8. The predicted octanol–water partition coefficient (Wildman–Crippen LogP) is 3.14. The molecule has 3 heteroatoms. The van der Waals surface area contributed by atoms with Crippen LogP contribution in [0.2, 0.25) is 0 Å². The average molecular weight is 231 g/mol. The van der Waals surface area contributed by atoms with Crippen molar-refractivity contribution in [3.63, 3.8) is 0 Å². The molecule has 0 bridgehead atoms. The molecule has 0 fully saturated rings. The van der Waals surface area contributed by atoms with E-state index in [1.165, 1.54) is 0 Å². The quantitative estimate of drug-likeness (QED) is 0.593. The fourth-order valence-corrected chi connectivity index (χ4v) is 1.71. The molecule has 0 saturated carbocycles. The van der Waals surface area contributed by atoms with Gasteiger partial charge in [-0.3, -0.25) is 10.4 Å². The first-order chi connectivity index (χ1) is 8.11. The first-order valence-electron chi connectivity index (χ1n) is 6.09. The van der Waals surface area contributed by atoms with Crippen LogP contribution in [-0.2, 0) is 0 Å². The van der Waals surface area contributed by atoms with Crippen LogP contribution in [0.5, 0.6) is 0 Å². The number of nitrogen functional groups attached to an aromatic ring is 1. The summed E-state index contributed by atoms with van der Waals surface area (Å²) in [4.78, 5) is 4.45. The van der Waals surface area contributed by atoms with E-state index in [-0.39, 0.29) is 0 Å². The lowest BCUT2D eigenvalue weighted by Crippen LogP contribution is -2.23. The second-order valence-electron chi connectivity index (χ2n) is 4.13. The lowest BCUT2D eigenvalue weighted by Gasteiger charge is -2.15. The molecule has 1 aromatic carbocycles. The number of rotatable bonds is 5. The Kier molecular flexibility index (Phi) is 4.88. The van der Waals surface area contributed by atoms with Crippen LogP contribution in [0, 0.1) is 11.3 Å². The third-order valence-electron chi connectivity index (χ3n) is 2.89. The summed E-state index contributed by atoms with van der Waals surface area (Å²) in [6.07, 6.45) is 0.980. The number of nitrogens with one attached hydrogen (secondary N) is 1. The maximum atomic E-state index is 8.25. The SMILES string of the molecule is CCN=C(C(=N)c1ccccc1N)C(C)CC. The Balaban J connectivity index is 3.10. The molecule has 1 atom stereocenters. The van der Waals surface area contributed by atoms with Crippen molar-refractivity contribution in [1.82, 2.24) is 0 Å². The molecule has 0 aliphatic rings. The van der Waals surface area contributed by atoms with Crippen LogP contribution in [0.4, 0.5) is 5.69 Å². The minimum absolute atomic E-state index is 0.294. The molecule has 17 heavy (non-hydrogen) atoms. The zero-order valence-electron chi connectivity index (χ0n) is 10.8. The van der Waals surface area contributed by atoms with Crippen molar-refractivity contribution < 1.29 is 0 Å². The van der Waals surface area contributed by atoms with Crippen LogP contribution in [0.1, 0.15) is 32.8 Å². The van der Waals surface area contributed by atoms with Crippen LogP contribution in [0.3, 0.4) is 0 Å². The topological polar surface area (TPSA) is 62.2 Å². The largest absolute Gasteiger partial charge is 0.398 e.